The van der Waals surface area contributed by atoms with Crippen molar-refractivity contribution in [3.05, 3.63) is 57.6 Å². The van der Waals surface area contributed by atoms with Crippen molar-refractivity contribution in [1.82, 2.24) is 0 Å². The van der Waals surface area contributed by atoms with E-state index in [9.17, 15) is 4.79 Å². The quantitative estimate of drug-likeness (QED) is 0.422. The zero-order valence-electron chi connectivity index (χ0n) is 15.2. The molecule has 0 saturated carbocycles. The standard InChI is InChI=1S/C18H19Cl2O2P.Li.H/c1-3-4-10-22-13-8-9-16(12(2)11-13)23-18(21)17-14(19)6-5-7-15(17)20;;/h5-9,11,23H,3-4,10H2,1-2H3;;/q;+1;-1. The van der Waals surface area contributed by atoms with Crippen LogP contribution >= 0.6 is 31.8 Å². The molecule has 2 aromatic rings. The minimum Gasteiger partial charge on any atom is -1.00 e. The molecule has 0 aliphatic carbocycles. The fraction of sp³-hybridized carbons (Fsp3) is 0.278. The van der Waals surface area contributed by atoms with Crippen molar-refractivity contribution in [1.29, 1.82) is 0 Å². The Bertz CT molecular complexity index is 693. The molecule has 0 fully saturated rings. The van der Waals surface area contributed by atoms with E-state index in [0.717, 1.165) is 29.5 Å². The number of ether oxygens (including phenoxy) is 1. The molecule has 1 atom stereocenters. The van der Waals surface area contributed by atoms with Crippen molar-refractivity contribution >= 4 is 42.6 Å². The molecule has 124 valence electrons. The van der Waals surface area contributed by atoms with E-state index >= 15 is 0 Å². The summed E-state index contributed by atoms with van der Waals surface area (Å²) in [6.07, 6.45) is 2.14. The summed E-state index contributed by atoms with van der Waals surface area (Å²) in [6.45, 7) is 4.83. The summed E-state index contributed by atoms with van der Waals surface area (Å²) in [5.74, 6) is 0.840. The van der Waals surface area contributed by atoms with Gasteiger partial charge in [0.1, 0.15) is 5.75 Å². The molecule has 0 heterocycles. The number of aryl methyl sites for hydroxylation is 1. The van der Waals surface area contributed by atoms with Gasteiger partial charge in [-0.1, -0.05) is 48.7 Å². The summed E-state index contributed by atoms with van der Waals surface area (Å²) in [4.78, 5) is 12.5. The maximum atomic E-state index is 12.5. The number of unbranched alkanes of at least 4 members (excludes halogenated alkanes) is 1. The molecular formula is C18H20Cl2LiO2P. The fourth-order valence-corrected chi connectivity index (χ4v) is 3.90. The average molecular weight is 377 g/mol. The van der Waals surface area contributed by atoms with Crippen LogP contribution in [-0.2, 0) is 0 Å². The van der Waals surface area contributed by atoms with E-state index in [-0.39, 0.29) is 34.4 Å². The van der Waals surface area contributed by atoms with Crippen molar-refractivity contribution in [3.8, 4) is 5.75 Å². The summed E-state index contributed by atoms with van der Waals surface area (Å²) >= 11 is 12.2. The molecule has 0 aliphatic heterocycles. The van der Waals surface area contributed by atoms with Gasteiger partial charge in [0.05, 0.1) is 22.2 Å². The predicted molar refractivity (Wildman–Crippen MR) is 101 cm³/mol. The number of halogens is 2. The molecule has 0 aromatic heterocycles. The maximum absolute atomic E-state index is 12.5. The van der Waals surface area contributed by atoms with Crippen molar-refractivity contribution in [3.63, 3.8) is 0 Å². The third-order valence-electron chi connectivity index (χ3n) is 3.40. The van der Waals surface area contributed by atoms with Crippen LogP contribution in [0.5, 0.6) is 5.75 Å². The number of rotatable bonds is 7. The number of hydrogen-bond acceptors (Lipinski definition) is 2. The third kappa shape index (κ3) is 5.80. The van der Waals surface area contributed by atoms with Gasteiger partial charge in [-0.25, -0.2) is 0 Å². The third-order valence-corrected chi connectivity index (χ3v) is 5.34. The molecule has 6 heteroatoms. The van der Waals surface area contributed by atoms with Gasteiger partial charge in [-0.2, -0.15) is 0 Å². The number of carbonyl (C=O) groups is 1. The second kappa shape index (κ2) is 10.5. The summed E-state index contributed by atoms with van der Waals surface area (Å²) in [5.41, 5.74) is 1.38. The van der Waals surface area contributed by atoms with E-state index in [0.29, 0.717) is 22.2 Å². The molecule has 0 amide bonds. The number of benzene rings is 2. The van der Waals surface area contributed by atoms with Gasteiger partial charge in [0.15, 0.2) is 5.52 Å². The molecule has 0 radical (unpaired) electrons. The van der Waals surface area contributed by atoms with Crippen molar-refractivity contribution in [2.75, 3.05) is 6.61 Å². The van der Waals surface area contributed by atoms with Crippen LogP contribution in [0.15, 0.2) is 36.4 Å². The summed E-state index contributed by atoms with van der Waals surface area (Å²) in [5, 5.41) is 1.77. The molecule has 2 aromatic carbocycles. The first-order valence-corrected chi connectivity index (χ1v) is 9.27. The average Bonchev–Trinajstić information content (AvgIpc) is 2.50. The smallest absolute Gasteiger partial charge is 1.00 e. The Kier molecular flexibility index (Phi) is 9.43. The van der Waals surface area contributed by atoms with E-state index < -0.39 is 0 Å². The zero-order chi connectivity index (χ0) is 16.8. The molecule has 1 unspecified atom stereocenters. The molecule has 0 bridgehead atoms. The molecular weight excluding hydrogens is 357 g/mol. The number of hydrogen-bond donors (Lipinski definition) is 0. The predicted octanol–water partition coefficient (Wildman–Crippen LogP) is 2.74. The molecule has 24 heavy (non-hydrogen) atoms. The Labute approximate surface area is 168 Å². The Hall–Kier alpha value is -0.483. The van der Waals surface area contributed by atoms with E-state index in [1.807, 2.05) is 25.1 Å². The Morgan fingerprint density at radius 1 is 1.21 bits per heavy atom. The van der Waals surface area contributed by atoms with Gasteiger partial charge in [0.25, 0.3) is 0 Å². The summed E-state index contributed by atoms with van der Waals surface area (Å²) < 4.78 is 5.69. The van der Waals surface area contributed by atoms with Gasteiger partial charge in [-0.05, 0) is 57.1 Å². The minimum atomic E-state index is -0.0525. The van der Waals surface area contributed by atoms with E-state index in [1.165, 1.54) is 0 Å². The van der Waals surface area contributed by atoms with Crippen LogP contribution in [0.1, 0.15) is 37.1 Å². The molecule has 0 N–H and O–H groups in total. The van der Waals surface area contributed by atoms with Crippen LogP contribution in [-0.4, -0.2) is 12.1 Å². The first kappa shape index (κ1) is 21.6. The second-order valence-electron chi connectivity index (χ2n) is 5.23. The normalized spacial score (nSPS) is 10.7. The van der Waals surface area contributed by atoms with Gasteiger partial charge in [-0.3, -0.25) is 4.79 Å². The van der Waals surface area contributed by atoms with Crippen LogP contribution < -0.4 is 28.9 Å². The van der Waals surface area contributed by atoms with Crippen LogP contribution in [0.2, 0.25) is 10.0 Å². The second-order valence-corrected chi connectivity index (χ2v) is 7.29. The van der Waals surface area contributed by atoms with Crippen molar-refractivity contribution < 1.29 is 29.8 Å². The van der Waals surface area contributed by atoms with Crippen molar-refractivity contribution in [2.45, 2.75) is 26.7 Å². The van der Waals surface area contributed by atoms with E-state index in [4.69, 9.17) is 27.9 Å². The maximum Gasteiger partial charge on any atom is 1.00 e. The van der Waals surface area contributed by atoms with Crippen LogP contribution in [0.4, 0.5) is 0 Å². The summed E-state index contributed by atoms with van der Waals surface area (Å²) in [7, 11) is -0.0173. The van der Waals surface area contributed by atoms with Gasteiger partial charge >= 0.3 is 18.9 Å². The van der Waals surface area contributed by atoms with Crippen LogP contribution in [0.25, 0.3) is 0 Å². The monoisotopic (exact) mass is 376 g/mol. The number of carbonyl (C=O) groups excluding carboxylic acids is 1. The van der Waals surface area contributed by atoms with Crippen molar-refractivity contribution in [2.24, 2.45) is 0 Å². The molecule has 2 rings (SSSR count). The molecule has 0 aliphatic rings. The topological polar surface area (TPSA) is 26.3 Å². The fourth-order valence-electron chi connectivity index (χ4n) is 2.10. The largest absolute Gasteiger partial charge is 1.00 e. The molecule has 2 nitrogen and oxygen atoms in total. The minimum absolute atomic E-state index is 0. The Morgan fingerprint density at radius 3 is 2.46 bits per heavy atom. The van der Waals surface area contributed by atoms with Crippen LogP contribution in [0.3, 0.4) is 0 Å². The zero-order valence-corrected chi connectivity index (χ0v) is 16.7. The van der Waals surface area contributed by atoms with Gasteiger partial charge in [0.2, 0.25) is 0 Å². The van der Waals surface area contributed by atoms with E-state index in [1.54, 1.807) is 18.2 Å². The first-order chi connectivity index (χ1) is 11.0. The van der Waals surface area contributed by atoms with E-state index in [2.05, 4.69) is 6.92 Å². The Balaban J connectivity index is 0.00000288. The Morgan fingerprint density at radius 2 is 1.88 bits per heavy atom. The SMILES string of the molecule is CCCCOc1ccc(PC(=O)c2c(Cl)cccc2Cl)c(C)c1.[H-].[Li+]. The summed E-state index contributed by atoms with van der Waals surface area (Å²) in [6, 6.07) is 10.9. The van der Waals surface area contributed by atoms with Gasteiger partial charge in [0, 0.05) is 0 Å². The van der Waals surface area contributed by atoms with Gasteiger partial charge < -0.3 is 6.16 Å². The van der Waals surface area contributed by atoms with Crippen LogP contribution in [0, 0.1) is 6.92 Å². The first-order valence-electron chi connectivity index (χ1n) is 7.51. The van der Waals surface area contributed by atoms with Gasteiger partial charge in [-0.15, -0.1) is 0 Å². The molecule has 0 saturated heterocycles. The molecule has 0 spiro atoms.